The largest absolute Gasteiger partial charge is 0.377 e. The van der Waals surface area contributed by atoms with E-state index in [2.05, 4.69) is 33.9 Å². The normalized spacial score (nSPS) is 18.1. The lowest BCUT2D eigenvalue weighted by molar-refractivity contribution is -0.119. The first-order valence-corrected chi connectivity index (χ1v) is 9.20. The van der Waals surface area contributed by atoms with Gasteiger partial charge in [0.25, 0.3) is 0 Å². The average molecular weight is 336 g/mol. The lowest BCUT2D eigenvalue weighted by atomic mass is 10.2. The van der Waals surface area contributed by atoms with Crippen molar-refractivity contribution in [2.24, 2.45) is 5.73 Å². The van der Waals surface area contributed by atoms with Gasteiger partial charge < -0.3 is 10.5 Å². The summed E-state index contributed by atoms with van der Waals surface area (Å²) in [6.07, 6.45) is 2.41. The number of thiophene rings is 2. The number of primary amides is 1. The Kier molecular flexibility index (Phi) is 5.25. The van der Waals surface area contributed by atoms with E-state index in [-0.39, 0.29) is 18.6 Å². The number of nitrogens with zero attached hydrogens (tertiary/aromatic N) is 1. The Balaban J connectivity index is 1.65. The second-order valence-corrected chi connectivity index (χ2v) is 7.49. The summed E-state index contributed by atoms with van der Waals surface area (Å²) in [6, 6.07) is 6.40. The Morgan fingerprint density at radius 2 is 2.36 bits per heavy atom. The maximum absolute atomic E-state index is 11.3. The summed E-state index contributed by atoms with van der Waals surface area (Å²) in [5.41, 5.74) is 6.64. The molecule has 1 aliphatic rings. The van der Waals surface area contributed by atoms with E-state index in [1.54, 1.807) is 22.7 Å². The highest BCUT2D eigenvalue weighted by Gasteiger charge is 2.21. The monoisotopic (exact) mass is 336 g/mol. The number of carbonyl (C=O) groups excluding carboxylic acids is 1. The van der Waals surface area contributed by atoms with Gasteiger partial charge in [-0.15, -0.1) is 22.7 Å². The Morgan fingerprint density at radius 3 is 3.05 bits per heavy atom. The second-order valence-electron chi connectivity index (χ2n) is 5.55. The molecule has 2 aromatic heterocycles. The summed E-state index contributed by atoms with van der Waals surface area (Å²) >= 11 is 3.48. The van der Waals surface area contributed by atoms with Crippen LogP contribution in [0.5, 0.6) is 0 Å². The van der Waals surface area contributed by atoms with Crippen LogP contribution in [0.1, 0.15) is 17.7 Å². The van der Waals surface area contributed by atoms with Gasteiger partial charge in [0, 0.05) is 35.0 Å². The Hall–Kier alpha value is -1.21. The summed E-state index contributed by atoms with van der Waals surface area (Å²) in [5.74, 6) is -0.284. The molecular weight excluding hydrogens is 316 g/mol. The van der Waals surface area contributed by atoms with Gasteiger partial charge >= 0.3 is 0 Å². The van der Waals surface area contributed by atoms with Crippen LogP contribution in [0.15, 0.2) is 29.0 Å². The van der Waals surface area contributed by atoms with Crippen LogP contribution in [-0.2, 0) is 16.1 Å². The van der Waals surface area contributed by atoms with Crippen LogP contribution in [0.4, 0.5) is 0 Å². The van der Waals surface area contributed by atoms with Crippen LogP contribution in [-0.4, -0.2) is 36.6 Å². The maximum Gasteiger partial charge on any atom is 0.231 e. The van der Waals surface area contributed by atoms with E-state index in [0.29, 0.717) is 0 Å². The topological polar surface area (TPSA) is 55.6 Å². The first-order valence-electron chi connectivity index (χ1n) is 7.44. The van der Waals surface area contributed by atoms with Gasteiger partial charge in [-0.2, -0.15) is 0 Å². The highest BCUT2D eigenvalue weighted by atomic mass is 32.1. The molecule has 3 heterocycles. The number of rotatable bonds is 7. The second kappa shape index (κ2) is 7.37. The molecule has 2 N–H and O–H groups in total. The fourth-order valence-corrected chi connectivity index (χ4v) is 4.45. The van der Waals surface area contributed by atoms with E-state index in [9.17, 15) is 4.79 Å². The molecule has 0 radical (unpaired) electrons. The predicted octanol–water partition coefficient (Wildman–Crippen LogP) is 2.94. The molecule has 1 aliphatic heterocycles. The smallest absolute Gasteiger partial charge is 0.231 e. The van der Waals surface area contributed by atoms with Gasteiger partial charge in [-0.1, -0.05) is 6.07 Å². The minimum absolute atomic E-state index is 0.232. The molecule has 1 amide bonds. The van der Waals surface area contributed by atoms with Crippen molar-refractivity contribution in [2.75, 3.05) is 19.7 Å². The van der Waals surface area contributed by atoms with Crippen molar-refractivity contribution in [1.29, 1.82) is 0 Å². The summed E-state index contributed by atoms with van der Waals surface area (Å²) in [6.45, 7) is 2.64. The molecule has 0 spiro atoms. The zero-order valence-electron chi connectivity index (χ0n) is 12.4. The fraction of sp³-hybridized carbons (Fsp3) is 0.438. The standard InChI is InChI=1S/C16H20N2O2S2/c17-16(19)10-18(8-13-3-1-5-20-13)9-14-7-12(11-22-14)15-4-2-6-21-15/h2,4,6-7,11,13H,1,3,5,8-10H2,(H2,17,19)/t13-/m1/s1. The lowest BCUT2D eigenvalue weighted by Gasteiger charge is -2.23. The molecule has 22 heavy (non-hydrogen) atoms. The molecule has 3 rings (SSSR count). The highest BCUT2D eigenvalue weighted by Crippen LogP contribution is 2.30. The van der Waals surface area contributed by atoms with Crippen LogP contribution < -0.4 is 5.73 Å². The molecule has 0 aliphatic carbocycles. The number of amides is 1. The SMILES string of the molecule is NC(=O)CN(Cc1cc(-c2cccs2)cs1)C[C@H]1CCCO1. The van der Waals surface area contributed by atoms with Crippen molar-refractivity contribution in [1.82, 2.24) is 4.90 Å². The number of hydrogen-bond acceptors (Lipinski definition) is 5. The Bertz CT molecular complexity index is 603. The molecule has 1 atom stereocenters. The van der Waals surface area contributed by atoms with E-state index in [1.165, 1.54) is 15.3 Å². The van der Waals surface area contributed by atoms with Crippen LogP contribution in [0, 0.1) is 0 Å². The number of hydrogen-bond donors (Lipinski definition) is 1. The van der Waals surface area contributed by atoms with E-state index in [0.717, 1.165) is 32.5 Å². The molecule has 1 fully saturated rings. The van der Waals surface area contributed by atoms with Crippen molar-refractivity contribution < 1.29 is 9.53 Å². The molecule has 0 saturated carbocycles. The number of ether oxygens (including phenoxy) is 1. The molecule has 0 aromatic carbocycles. The van der Waals surface area contributed by atoms with E-state index in [1.807, 2.05) is 0 Å². The Morgan fingerprint density at radius 1 is 1.45 bits per heavy atom. The molecule has 1 saturated heterocycles. The first-order chi connectivity index (χ1) is 10.7. The number of carbonyl (C=O) groups is 1. The molecule has 0 unspecified atom stereocenters. The van der Waals surface area contributed by atoms with Gasteiger partial charge in [0.2, 0.25) is 5.91 Å². The maximum atomic E-state index is 11.3. The minimum Gasteiger partial charge on any atom is -0.377 e. The Labute approximate surface area is 138 Å². The fourth-order valence-electron chi connectivity index (χ4n) is 2.74. The van der Waals surface area contributed by atoms with Crippen molar-refractivity contribution in [3.05, 3.63) is 33.8 Å². The van der Waals surface area contributed by atoms with Gasteiger partial charge in [0.15, 0.2) is 0 Å². The van der Waals surface area contributed by atoms with Gasteiger partial charge in [-0.05, 0) is 35.7 Å². The minimum atomic E-state index is -0.284. The van der Waals surface area contributed by atoms with Crippen LogP contribution >= 0.6 is 22.7 Å². The summed E-state index contributed by atoms with van der Waals surface area (Å²) in [5, 5.41) is 4.26. The van der Waals surface area contributed by atoms with E-state index >= 15 is 0 Å². The third-order valence-electron chi connectivity index (χ3n) is 3.70. The zero-order valence-corrected chi connectivity index (χ0v) is 14.0. The van der Waals surface area contributed by atoms with Crippen LogP contribution in [0.25, 0.3) is 10.4 Å². The van der Waals surface area contributed by atoms with Crippen molar-refractivity contribution in [3.63, 3.8) is 0 Å². The van der Waals surface area contributed by atoms with Crippen molar-refractivity contribution in [2.45, 2.75) is 25.5 Å². The summed E-state index contributed by atoms with van der Waals surface area (Å²) < 4.78 is 5.68. The van der Waals surface area contributed by atoms with E-state index < -0.39 is 0 Å². The lowest BCUT2D eigenvalue weighted by Crippen LogP contribution is -2.38. The van der Waals surface area contributed by atoms with Crippen molar-refractivity contribution in [3.8, 4) is 10.4 Å². The average Bonchev–Trinajstić information content (AvgIpc) is 3.20. The molecule has 6 heteroatoms. The van der Waals surface area contributed by atoms with Gasteiger partial charge in [-0.3, -0.25) is 9.69 Å². The zero-order chi connectivity index (χ0) is 15.4. The van der Waals surface area contributed by atoms with E-state index in [4.69, 9.17) is 10.5 Å². The molecule has 2 aromatic rings. The third-order valence-corrected chi connectivity index (χ3v) is 5.54. The third kappa shape index (κ3) is 4.16. The van der Waals surface area contributed by atoms with Crippen LogP contribution in [0.3, 0.4) is 0 Å². The molecule has 4 nitrogen and oxygen atoms in total. The molecular formula is C16H20N2O2S2. The number of nitrogens with two attached hydrogens (primary N) is 1. The summed E-state index contributed by atoms with van der Waals surface area (Å²) in [7, 11) is 0. The first kappa shape index (κ1) is 15.7. The molecule has 0 bridgehead atoms. The van der Waals surface area contributed by atoms with Gasteiger partial charge in [-0.25, -0.2) is 0 Å². The van der Waals surface area contributed by atoms with Gasteiger partial charge in [0.05, 0.1) is 12.6 Å². The molecule has 118 valence electrons. The predicted molar refractivity (Wildman–Crippen MR) is 91.1 cm³/mol. The van der Waals surface area contributed by atoms with Crippen molar-refractivity contribution >= 4 is 28.6 Å². The highest BCUT2D eigenvalue weighted by molar-refractivity contribution is 7.14. The van der Waals surface area contributed by atoms with Gasteiger partial charge in [0.1, 0.15) is 0 Å². The quantitative estimate of drug-likeness (QED) is 0.846. The summed E-state index contributed by atoms with van der Waals surface area (Å²) in [4.78, 5) is 15.9. The van der Waals surface area contributed by atoms with Crippen LogP contribution in [0.2, 0.25) is 0 Å².